The van der Waals surface area contributed by atoms with Crippen molar-refractivity contribution in [2.75, 3.05) is 11.9 Å². The molecule has 2 heterocycles. The van der Waals surface area contributed by atoms with E-state index in [9.17, 15) is 4.79 Å². The van der Waals surface area contributed by atoms with Gasteiger partial charge in [0.05, 0.1) is 12.2 Å². The summed E-state index contributed by atoms with van der Waals surface area (Å²) < 4.78 is 0. The molecule has 0 aliphatic carbocycles. The molecule has 132 valence electrons. The maximum Gasteiger partial charge on any atom is 0.270 e. The molecule has 0 fully saturated rings. The van der Waals surface area contributed by atoms with Gasteiger partial charge in [0, 0.05) is 18.8 Å². The normalized spacial score (nSPS) is 10.3. The van der Waals surface area contributed by atoms with Crippen molar-refractivity contribution in [3.05, 3.63) is 84.1 Å². The first-order valence-electron chi connectivity index (χ1n) is 8.59. The van der Waals surface area contributed by atoms with E-state index in [0.29, 0.717) is 18.1 Å². The van der Waals surface area contributed by atoms with Gasteiger partial charge in [-0.1, -0.05) is 36.4 Å². The van der Waals surface area contributed by atoms with Crippen molar-refractivity contribution in [1.29, 1.82) is 0 Å². The third-order valence-electron chi connectivity index (χ3n) is 3.85. The summed E-state index contributed by atoms with van der Waals surface area (Å²) in [6.07, 6.45) is 5.07. The van der Waals surface area contributed by atoms with E-state index >= 15 is 0 Å². The molecule has 2 N–H and O–H groups in total. The molecule has 0 spiro atoms. The Labute approximate surface area is 152 Å². The van der Waals surface area contributed by atoms with Crippen LogP contribution in [0.1, 0.15) is 28.2 Å². The monoisotopic (exact) mass is 347 g/mol. The fourth-order valence-corrected chi connectivity index (χ4v) is 2.50. The molecule has 3 rings (SSSR count). The smallest absolute Gasteiger partial charge is 0.270 e. The van der Waals surface area contributed by atoms with Gasteiger partial charge in [-0.2, -0.15) is 0 Å². The summed E-state index contributed by atoms with van der Waals surface area (Å²) >= 11 is 0. The number of rotatable bonds is 8. The number of pyridine rings is 1. The molecule has 0 aliphatic heterocycles. The van der Waals surface area contributed by atoms with Crippen molar-refractivity contribution in [3.63, 3.8) is 0 Å². The number of nitrogens with one attached hydrogen (secondary N) is 2. The predicted molar refractivity (Wildman–Crippen MR) is 101 cm³/mol. The number of anilines is 1. The SMILES string of the molecule is O=C(NCc1ccccn1)c1cc(NCCCc2ccccc2)ncn1. The molecule has 0 unspecified atom stereocenters. The molecule has 0 atom stereocenters. The van der Waals surface area contributed by atoms with Gasteiger partial charge in [-0.3, -0.25) is 9.78 Å². The van der Waals surface area contributed by atoms with E-state index in [1.165, 1.54) is 11.9 Å². The van der Waals surface area contributed by atoms with E-state index in [0.717, 1.165) is 25.1 Å². The maximum absolute atomic E-state index is 12.2. The molecule has 1 aromatic carbocycles. The summed E-state index contributed by atoms with van der Waals surface area (Å²) in [5.74, 6) is 0.404. The van der Waals surface area contributed by atoms with Crippen LogP contribution in [0.4, 0.5) is 5.82 Å². The van der Waals surface area contributed by atoms with Gasteiger partial charge in [0.1, 0.15) is 17.8 Å². The van der Waals surface area contributed by atoms with Gasteiger partial charge in [-0.05, 0) is 30.5 Å². The first kappa shape index (κ1) is 17.5. The third kappa shape index (κ3) is 5.37. The van der Waals surface area contributed by atoms with E-state index in [4.69, 9.17) is 0 Å². The van der Waals surface area contributed by atoms with E-state index < -0.39 is 0 Å². The van der Waals surface area contributed by atoms with Crippen LogP contribution in [0.3, 0.4) is 0 Å². The Hall–Kier alpha value is -3.28. The summed E-state index contributed by atoms with van der Waals surface area (Å²) in [5.41, 5.74) is 2.45. The van der Waals surface area contributed by atoms with Gasteiger partial charge < -0.3 is 10.6 Å². The van der Waals surface area contributed by atoms with Crippen LogP contribution in [-0.4, -0.2) is 27.4 Å². The van der Waals surface area contributed by atoms with Crippen LogP contribution in [0.25, 0.3) is 0 Å². The number of carbonyl (C=O) groups is 1. The first-order chi connectivity index (χ1) is 12.8. The van der Waals surface area contributed by atoms with Gasteiger partial charge in [0.15, 0.2) is 0 Å². The van der Waals surface area contributed by atoms with Crippen molar-refractivity contribution >= 4 is 11.7 Å². The number of benzene rings is 1. The minimum atomic E-state index is -0.245. The Balaban J connectivity index is 1.47. The van der Waals surface area contributed by atoms with Crippen LogP contribution in [0.5, 0.6) is 0 Å². The fourth-order valence-electron chi connectivity index (χ4n) is 2.50. The molecule has 0 saturated carbocycles. The molecule has 26 heavy (non-hydrogen) atoms. The number of nitrogens with zero attached hydrogens (tertiary/aromatic N) is 3. The van der Waals surface area contributed by atoms with Crippen LogP contribution >= 0.6 is 0 Å². The average molecular weight is 347 g/mol. The van der Waals surface area contributed by atoms with Gasteiger partial charge in [-0.25, -0.2) is 9.97 Å². The Bertz CT molecular complexity index is 824. The van der Waals surface area contributed by atoms with Crippen molar-refractivity contribution in [3.8, 4) is 0 Å². The van der Waals surface area contributed by atoms with Gasteiger partial charge >= 0.3 is 0 Å². The van der Waals surface area contributed by atoms with Gasteiger partial charge in [0.2, 0.25) is 0 Å². The number of amides is 1. The average Bonchev–Trinajstić information content (AvgIpc) is 2.71. The Morgan fingerprint density at radius 1 is 0.962 bits per heavy atom. The van der Waals surface area contributed by atoms with E-state index in [-0.39, 0.29) is 5.91 Å². The fraction of sp³-hybridized carbons (Fsp3) is 0.200. The van der Waals surface area contributed by atoms with E-state index in [1.54, 1.807) is 12.3 Å². The number of carbonyl (C=O) groups excluding carboxylic acids is 1. The summed E-state index contributed by atoms with van der Waals surface area (Å²) in [6, 6.07) is 17.6. The highest BCUT2D eigenvalue weighted by Gasteiger charge is 2.08. The lowest BCUT2D eigenvalue weighted by Gasteiger charge is -2.08. The van der Waals surface area contributed by atoms with E-state index in [2.05, 4.69) is 37.7 Å². The number of hydrogen-bond donors (Lipinski definition) is 2. The van der Waals surface area contributed by atoms with Crippen LogP contribution < -0.4 is 10.6 Å². The molecular weight excluding hydrogens is 326 g/mol. The zero-order valence-corrected chi connectivity index (χ0v) is 14.4. The Kier molecular flexibility index (Phi) is 6.25. The maximum atomic E-state index is 12.2. The van der Waals surface area contributed by atoms with Gasteiger partial charge in [-0.15, -0.1) is 0 Å². The lowest BCUT2D eigenvalue weighted by Crippen LogP contribution is -2.24. The highest BCUT2D eigenvalue weighted by atomic mass is 16.1. The lowest BCUT2D eigenvalue weighted by atomic mass is 10.1. The summed E-state index contributed by atoms with van der Waals surface area (Å²) in [5, 5.41) is 6.05. The summed E-state index contributed by atoms with van der Waals surface area (Å²) in [4.78, 5) is 24.6. The van der Waals surface area contributed by atoms with Crippen molar-refractivity contribution in [2.45, 2.75) is 19.4 Å². The molecular formula is C20H21N5O. The molecule has 6 nitrogen and oxygen atoms in total. The molecule has 0 radical (unpaired) electrons. The van der Waals surface area contributed by atoms with Crippen LogP contribution in [0.15, 0.2) is 67.1 Å². The molecule has 0 saturated heterocycles. The second kappa shape index (κ2) is 9.27. The van der Waals surface area contributed by atoms with Crippen molar-refractivity contribution < 1.29 is 4.79 Å². The lowest BCUT2D eigenvalue weighted by molar-refractivity contribution is 0.0945. The zero-order chi connectivity index (χ0) is 18.0. The molecule has 0 aliphatic rings. The highest BCUT2D eigenvalue weighted by Crippen LogP contribution is 2.06. The minimum absolute atomic E-state index is 0.245. The Morgan fingerprint density at radius 2 is 1.81 bits per heavy atom. The molecule has 3 aromatic rings. The van der Waals surface area contributed by atoms with Crippen molar-refractivity contribution in [1.82, 2.24) is 20.3 Å². The predicted octanol–water partition coefficient (Wildman–Crippen LogP) is 2.85. The number of hydrogen-bond acceptors (Lipinski definition) is 5. The number of aryl methyl sites for hydroxylation is 1. The standard InChI is InChI=1S/C20H21N5O/c26-20(23-14-17-10-4-5-11-21-17)18-13-19(25-15-24-18)22-12-6-9-16-7-2-1-3-8-16/h1-5,7-8,10-11,13,15H,6,9,12,14H2,(H,23,26)(H,22,24,25). The van der Waals surface area contributed by atoms with Crippen LogP contribution in [0.2, 0.25) is 0 Å². The van der Waals surface area contributed by atoms with E-state index in [1.807, 2.05) is 36.4 Å². The summed E-state index contributed by atoms with van der Waals surface area (Å²) in [7, 11) is 0. The van der Waals surface area contributed by atoms with Crippen LogP contribution in [0, 0.1) is 0 Å². The number of aromatic nitrogens is 3. The summed E-state index contributed by atoms with van der Waals surface area (Å²) in [6.45, 7) is 1.14. The third-order valence-corrected chi connectivity index (χ3v) is 3.85. The van der Waals surface area contributed by atoms with Crippen LogP contribution in [-0.2, 0) is 13.0 Å². The van der Waals surface area contributed by atoms with Gasteiger partial charge in [0.25, 0.3) is 5.91 Å². The second-order valence-corrected chi connectivity index (χ2v) is 5.81. The quantitative estimate of drug-likeness (QED) is 0.613. The molecule has 6 heteroatoms. The molecule has 1 amide bonds. The second-order valence-electron chi connectivity index (χ2n) is 5.81. The minimum Gasteiger partial charge on any atom is -0.370 e. The topological polar surface area (TPSA) is 79.8 Å². The molecule has 2 aromatic heterocycles. The largest absolute Gasteiger partial charge is 0.370 e. The molecule has 0 bridgehead atoms. The zero-order valence-electron chi connectivity index (χ0n) is 14.4. The highest BCUT2D eigenvalue weighted by molar-refractivity contribution is 5.92. The van der Waals surface area contributed by atoms with Crippen molar-refractivity contribution in [2.24, 2.45) is 0 Å². The Morgan fingerprint density at radius 3 is 2.62 bits per heavy atom. The first-order valence-corrected chi connectivity index (χ1v) is 8.59.